The molecule has 1 saturated heterocycles. The minimum Gasteiger partial charge on any atom is -0.497 e. The van der Waals surface area contributed by atoms with E-state index in [1.54, 1.807) is 23.8 Å². The van der Waals surface area contributed by atoms with Crippen LogP contribution in [0.2, 0.25) is 0 Å². The number of likely N-dealkylation sites (tertiary alicyclic amines) is 1. The second-order valence-electron chi connectivity index (χ2n) is 8.25. The monoisotopic (exact) mass is 412 g/mol. The summed E-state index contributed by atoms with van der Waals surface area (Å²) in [6.07, 6.45) is 0.250. The van der Waals surface area contributed by atoms with Gasteiger partial charge in [-0.05, 0) is 42.0 Å². The first-order chi connectivity index (χ1) is 13.7. The lowest BCUT2D eigenvalue weighted by Gasteiger charge is -2.18. The highest BCUT2D eigenvalue weighted by Gasteiger charge is 2.34. The van der Waals surface area contributed by atoms with E-state index < -0.39 is 0 Å². The van der Waals surface area contributed by atoms with Gasteiger partial charge in [-0.15, -0.1) is 11.8 Å². The van der Waals surface area contributed by atoms with Crippen LogP contribution in [0.1, 0.15) is 32.8 Å². The number of rotatable bonds is 6. The summed E-state index contributed by atoms with van der Waals surface area (Å²) in [7, 11) is 1.62. The number of thioether (sulfide) groups is 1. The molecule has 1 heterocycles. The summed E-state index contributed by atoms with van der Waals surface area (Å²) in [6.45, 7) is 7.45. The Kier molecular flexibility index (Phi) is 6.52. The quantitative estimate of drug-likeness (QED) is 0.706. The Hall–Kier alpha value is -2.47. The van der Waals surface area contributed by atoms with Crippen molar-refractivity contribution in [3.05, 3.63) is 54.1 Å². The third kappa shape index (κ3) is 6.00. The summed E-state index contributed by atoms with van der Waals surface area (Å²) in [5, 5.41) is 2.95. The first-order valence-electron chi connectivity index (χ1n) is 9.74. The number of hydrogen-bond acceptors (Lipinski definition) is 4. The van der Waals surface area contributed by atoms with Crippen molar-refractivity contribution < 1.29 is 14.3 Å². The zero-order chi connectivity index (χ0) is 21.0. The van der Waals surface area contributed by atoms with Crippen LogP contribution in [0, 0.1) is 5.92 Å². The SMILES string of the molecule is COc1ccc(CN2CC(C(=O)Nc3ccc(SC(C)(C)C)cc3)CC2=O)cc1. The van der Waals surface area contributed by atoms with E-state index >= 15 is 0 Å². The van der Waals surface area contributed by atoms with Crippen LogP contribution >= 0.6 is 11.8 Å². The number of methoxy groups -OCH3 is 1. The molecule has 2 amide bonds. The maximum Gasteiger partial charge on any atom is 0.229 e. The van der Waals surface area contributed by atoms with E-state index in [4.69, 9.17) is 4.74 Å². The molecule has 1 unspecified atom stereocenters. The number of nitrogens with one attached hydrogen (secondary N) is 1. The number of anilines is 1. The molecule has 0 aliphatic carbocycles. The first kappa shape index (κ1) is 21.2. The van der Waals surface area contributed by atoms with Gasteiger partial charge < -0.3 is 15.0 Å². The van der Waals surface area contributed by atoms with Crippen molar-refractivity contribution in [1.29, 1.82) is 0 Å². The fourth-order valence-corrected chi connectivity index (χ4v) is 4.24. The summed E-state index contributed by atoms with van der Waals surface area (Å²) in [6, 6.07) is 15.5. The summed E-state index contributed by atoms with van der Waals surface area (Å²) in [5.74, 6) is 0.361. The third-order valence-electron chi connectivity index (χ3n) is 4.66. The number of benzene rings is 2. The molecular formula is C23H28N2O3S. The Bertz CT molecular complexity index is 857. The number of carbonyl (C=O) groups is 2. The highest BCUT2D eigenvalue weighted by molar-refractivity contribution is 8.00. The van der Waals surface area contributed by atoms with Crippen molar-refractivity contribution >= 4 is 29.3 Å². The molecule has 5 nitrogen and oxygen atoms in total. The van der Waals surface area contributed by atoms with Crippen molar-refractivity contribution in [2.75, 3.05) is 19.0 Å². The van der Waals surface area contributed by atoms with Crippen LogP contribution in [-0.2, 0) is 16.1 Å². The van der Waals surface area contributed by atoms with Crippen LogP contribution in [-0.4, -0.2) is 35.1 Å². The van der Waals surface area contributed by atoms with E-state index in [9.17, 15) is 9.59 Å². The van der Waals surface area contributed by atoms with Gasteiger partial charge in [0.1, 0.15) is 5.75 Å². The number of hydrogen-bond donors (Lipinski definition) is 1. The van der Waals surface area contributed by atoms with Gasteiger partial charge in [-0.3, -0.25) is 9.59 Å². The Balaban J connectivity index is 1.55. The molecule has 0 spiro atoms. The minimum absolute atomic E-state index is 0.0119. The van der Waals surface area contributed by atoms with Gasteiger partial charge in [0.25, 0.3) is 0 Å². The van der Waals surface area contributed by atoms with Crippen LogP contribution in [0.4, 0.5) is 5.69 Å². The van der Waals surface area contributed by atoms with Gasteiger partial charge in [-0.25, -0.2) is 0 Å². The van der Waals surface area contributed by atoms with Crippen molar-refractivity contribution in [2.45, 2.75) is 43.4 Å². The highest BCUT2D eigenvalue weighted by Crippen LogP contribution is 2.32. The smallest absolute Gasteiger partial charge is 0.229 e. The van der Waals surface area contributed by atoms with E-state index in [0.717, 1.165) is 21.9 Å². The topological polar surface area (TPSA) is 58.6 Å². The molecule has 0 saturated carbocycles. The molecule has 2 aromatic rings. The average molecular weight is 413 g/mol. The number of nitrogens with zero attached hydrogens (tertiary/aromatic N) is 1. The maximum absolute atomic E-state index is 12.6. The van der Waals surface area contributed by atoms with E-state index in [1.165, 1.54) is 0 Å². The molecule has 0 radical (unpaired) electrons. The third-order valence-corrected chi connectivity index (χ3v) is 5.78. The maximum atomic E-state index is 12.6. The van der Waals surface area contributed by atoms with Gasteiger partial charge in [0, 0.05) is 34.8 Å². The standard InChI is InChI=1S/C23H28N2O3S/c1-23(2,3)29-20-11-7-18(8-12-20)24-22(27)17-13-21(26)25(15-17)14-16-5-9-19(28-4)10-6-16/h5-12,17H,13-15H2,1-4H3,(H,24,27). The lowest BCUT2D eigenvalue weighted by molar-refractivity contribution is -0.128. The summed E-state index contributed by atoms with van der Waals surface area (Å²) < 4.78 is 5.30. The van der Waals surface area contributed by atoms with Crippen LogP contribution < -0.4 is 10.1 Å². The number of carbonyl (C=O) groups excluding carboxylic acids is 2. The van der Waals surface area contributed by atoms with Gasteiger partial charge >= 0.3 is 0 Å². The molecule has 6 heteroatoms. The molecule has 1 N–H and O–H groups in total. The normalized spacial score (nSPS) is 16.8. The van der Waals surface area contributed by atoms with Crippen LogP contribution in [0.15, 0.2) is 53.4 Å². The highest BCUT2D eigenvalue weighted by atomic mass is 32.2. The van der Waals surface area contributed by atoms with Gasteiger partial charge in [0.05, 0.1) is 13.0 Å². The summed E-state index contributed by atoms with van der Waals surface area (Å²) in [4.78, 5) is 27.9. The largest absolute Gasteiger partial charge is 0.497 e. The molecule has 1 aliphatic rings. The zero-order valence-corrected chi connectivity index (χ0v) is 18.2. The fourth-order valence-electron chi connectivity index (χ4n) is 3.26. The summed E-state index contributed by atoms with van der Waals surface area (Å²) in [5.41, 5.74) is 1.78. The van der Waals surface area contributed by atoms with Crippen LogP contribution in [0.5, 0.6) is 5.75 Å². The molecule has 3 rings (SSSR count). The molecule has 154 valence electrons. The molecule has 1 fully saturated rings. The Labute approximate surface area is 176 Å². The van der Waals surface area contributed by atoms with Gasteiger partial charge in [0.2, 0.25) is 11.8 Å². The van der Waals surface area contributed by atoms with Crippen molar-refractivity contribution in [1.82, 2.24) is 4.90 Å². The van der Waals surface area contributed by atoms with E-state index in [0.29, 0.717) is 13.1 Å². The molecule has 2 aromatic carbocycles. The Morgan fingerprint density at radius 2 is 1.79 bits per heavy atom. The van der Waals surface area contributed by atoms with Crippen molar-refractivity contribution in [3.63, 3.8) is 0 Å². The predicted molar refractivity (Wildman–Crippen MR) is 117 cm³/mol. The Morgan fingerprint density at radius 1 is 1.14 bits per heavy atom. The van der Waals surface area contributed by atoms with Crippen LogP contribution in [0.25, 0.3) is 0 Å². The van der Waals surface area contributed by atoms with Crippen molar-refractivity contribution in [2.24, 2.45) is 5.92 Å². The molecule has 1 atom stereocenters. The average Bonchev–Trinajstić information content (AvgIpc) is 3.03. The van der Waals surface area contributed by atoms with Crippen molar-refractivity contribution in [3.8, 4) is 5.75 Å². The molecule has 0 aromatic heterocycles. The number of ether oxygens (including phenoxy) is 1. The summed E-state index contributed by atoms with van der Waals surface area (Å²) >= 11 is 1.79. The number of amides is 2. The van der Waals surface area contributed by atoms with Gasteiger partial charge in [-0.1, -0.05) is 32.9 Å². The van der Waals surface area contributed by atoms with Crippen LogP contribution in [0.3, 0.4) is 0 Å². The van der Waals surface area contributed by atoms with E-state index in [2.05, 4.69) is 26.1 Å². The predicted octanol–water partition coefficient (Wildman–Crippen LogP) is 4.57. The Morgan fingerprint density at radius 3 is 2.38 bits per heavy atom. The van der Waals surface area contributed by atoms with E-state index in [1.807, 2.05) is 48.5 Å². The molecular weight excluding hydrogens is 384 g/mol. The lowest BCUT2D eigenvalue weighted by atomic mass is 10.1. The molecule has 29 heavy (non-hydrogen) atoms. The molecule has 0 bridgehead atoms. The second kappa shape index (κ2) is 8.91. The minimum atomic E-state index is -0.329. The molecule has 1 aliphatic heterocycles. The lowest BCUT2D eigenvalue weighted by Crippen LogP contribution is -2.28. The van der Waals surface area contributed by atoms with Gasteiger partial charge in [-0.2, -0.15) is 0 Å². The van der Waals surface area contributed by atoms with E-state index in [-0.39, 0.29) is 28.9 Å². The fraction of sp³-hybridized carbons (Fsp3) is 0.391. The second-order valence-corrected chi connectivity index (χ2v) is 10.2. The van der Waals surface area contributed by atoms with Gasteiger partial charge in [0.15, 0.2) is 0 Å². The zero-order valence-electron chi connectivity index (χ0n) is 17.4. The first-order valence-corrected chi connectivity index (χ1v) is 10.6.